The lowest BCUT2D eigenvalue weighted by molar-refractivity contribution is 0.102. The van der Waals surface area contributed by atoms with Gasteiger partial charge in [0.15, 0.2) is 11.5 Å². The third kappa shape index (κ3) is 2.88. The van der Waals surface area contributed by atoms with Gasteiger partial charge in [-0.25, -0.2) is 0 Å². The van der Waals surface area contributed by atoms with Gasteiger partial charge < -0.3 is 15.5 Å². The van der Waals surface area contributed by atoms with Crippen LogP contribution < -0.4 is 5.32 Å². The molecule has 0 aliphatic carbocycles. The van der Waals surface area contributed by atoms with Crippen molar-refractivity contribution in [2.45, 2.75) is 6.92 Å². The van der Waals surface area contributed by atoms with Gasteiger partial charge in [0.05, 0.1) is 11.3 Å². The Morgan fingerprint density at radius 3 is 2.68 bits per heavy atom. The van der Waals surface area contributed by atoms with E-state index in [0.717, 1.165) is 10.0 Å². The fourth-order valence-corrected chi connectivity index (χ4v) is 1.98. The first-order valence-corrected chi connectivity index (χ1v) is 6.37. The summed E-state index contributed by atoms with van der Waals surface area (Å²) in [5, 5.41) is 21.7. The molecule has 1 amide bonds. The van der Waals surface area contributed by atoms with Crippen molar-refractivity contribution in [1.29, 1.82) is 0 Å². The van der Waals surface area contributed by atoms with Gasteiger partial charge in [-0.3, -0.25) is 4.79 Å². The molecular weight excluding hydrogens is 310 g/mol. The van der Waals surface area contributed by atoms with E-state index in [1.807, 2.05) is 25.1 Å². The quantitative estimate of drug-likeness (QED) is 0.742. The van der Waals surface area contributed by atoms with Crippen molar-refractivity contribution in [2.24, 2.45) is 0 Å². The van der Waals surface area contributed by atoms with Crippen LogP contribution in [0.4, 0.5) is 5.69 Å². The first-order chi connectivity index (χ1) is 8.99. The summed E-state index contributed by atoms with van der Waals surface area (Å²) in [6.07, 6.45) is 0. The van der Waals surface area contributed by atoms with Crippen LogP contribution in [0, 0.1) is 6.92 Å². The van der Waals surface area contributed by atoms with Gasteiger partial charge in [-0.1, -0.05) is 12.1 Å². The van der Waals surface area contributed by atoms with Crippen LogP contribution in [-0.2, 0) is 0 Å². The summed E-state index contributed by atoms with van der Waals surface area (Å²) in [5.74, 6) is -1.24. The molecule has 98 valence electrons. The van der Waals surface area contributed by atoms with E-state index in [9.17, 15) is 15.0 Å². The molecule has 0 aliphatic rings. The zero-order valence-electron chi connectivity index (χ0n) is 10.1. The Balaban J connectivity index is 2.31. The van der Waals surface area contributed by atoms with Crippen LogP contribution in [0.2, 0.25) is 0 Å². The summed E-state index contributed by atoms with van der Waals surface area (Å²) in [7, 11) is 0. The molecule has 2 rings (SSSR count). The molecular formula is C14H12BrNO3. The fourth-order valence-electron chi connectivity index (χ4n) is 1.64. The van der Waals surface area contributed by atoms with Crippen LogP contribution in [0.1, 0.15) is 15.9 Å². The number of rotatable bonds is 2. The van der Waals surface area contributed by atoms with Crippen LogP contribution in [0.5, 0.6) is 11.5 Å². The van der Waals surface area contributed by atoms with Crippen LogP contribution in [-0.4, -0.2) is 16.1 Å². The number of nitrogens with one attached hydrogen (secondary N) is 1. The highest BCUT2D eigenvalue weighted by molar-refractivity contribution is 9.10. The number of aryl methyl sites for hydroxylation is 1. The molecule has 3 N–H and O–H groups in total. The molecule has 2 aromatic carbocycles. The second-order valence-electron chi connectivity index (χ2n) is 4.11. The molecule has 0 radical (unpaired) electrons. The minimum Gasteiger partial charge on any atom is -0.504 e. The summed E-state index contributed by atoms with van der Waals surface area (Å²) >= 11 is 3.34. The molecule has 0 bridgehead atoms. The third-order valence-corrected chi connectivity index (χ3v) is 3.32. The average molecular weight is 322 g/mol. The van der Waals surface area contributed by atoms with Crippen molar-refractivity contribution in [1.82, 2.24) is 0 Å². The third-order valence-electron chi connectivity index (χ3n) is 2.63. The van der Waals surface area contributed by atoms with Crippen molar-refractivity contribution in [2.75, 3.05) is 5.32 Å². The fraction of sp³-hybridized carbons (Fsp3) is 0.0714. The molecule has 0 aromatic heterocycles. The molecule has 5 heteroatoms. The Kier molecular flexibility index (Phi) is 3.76. The first-order valence-electron chi connectivity index (χ1n) is 5.57. The number of aromatic hydroxyl groups is 2. The van der Waals surface area contributed by atoms with E-state index in [1.165, 1.54) is 18.2 Å². The van der Waals surface area contributed by atoms with Crippen LogP contribution >= 0.6 is 15.9 Å². The highest BCUT2D eigenvalue weighted by atomic mass is 79.9. The van der Waals surface area contributed by atoms with E-state index < -0.39 is 11.7 Å². The van der Waals surface area contributed by atoms with Crippen molar-refractivity contribution in [3.8, 4) is 11.5 Å². The molecule has 2 aromatic rings. The Morgan fingerprint density at radius 1 is 1.21 bits per heavy atom. The standard InChI is InChI=1S/C14H12BrNO3/c1-8-5-6-10(15)11(7-8)16-14(19)9-3-2-4-12(17)13(9)18/h2-7,17-18H,1H3,(H,16,19). The maximum absolute atomic E-state index is 12.0. The Labute approximate surface area is 118 Å². The van der Waals surface area contributed by atoms with E-state index in [-0.39, 0.29) is 11.3 Å². The number of phenols is 2. The Hall–Kier alpha value is -2.01. The lowest BCUT2D eigenvalue weighted by atomic mass is 10.1. The topological polar surface area (TPSA) is 69.6 Å². The van der Waals surface area contributed by atoms with Gasteiger partial charge in [-0.05, 0) is 52.7 Å². The zero-order chi connectivity index (χ0) is 14.0. The molecule has 0 unspecified atom stereocenters. The number of phenolic OH excluding ortho intramolecular Hbond substituents is 2. The first kappa shape index (κ1) is 13.4. The molecule has 19 heavy (non-hydrogen) atoms. The van der Waals surface area contributed by atoms with Gasteiger partial charge in [-0.15, -0.1) is 0 Å². The molecule has 0 spiro atoms. The molecule has 0 atom stereocenters. The number of benzene rings is 2. The molecule has 0 fully saturated rings. The summed E-state index contributed by atoms with van der Waals surface area (Å²) in [6, 6.07) is 9.79. The van der Waals surface area contributed by atoms with Gasteiger partial charge >= 0.3 is 0 Å². The number of hydrogen-bond donors (Lipinski definition) is 3. The lowest BCUT2D eigenvalue weighted by Crippen LogP contribution is -2.12. The maximum atomic E-state index is 12.0. The van der Waals surface area contributed by atoms with Gasteiger partial charge in [0.2, 0.25) is 0 Å². The van der Waals surface area contributed by atoms with E-state index in [2.05, 4.69) is 21.2 Å². The number of para-hydroxylation sites is 1. The minimum absolute atomic E-state index is 0.0217. The van der Waals surface area contributed by atoms with Crippen molar-refractivity contribution in [3.63, 3.8) is 0 Å². The van der Waals surface area contributed by atoms with Crippen molar-refractivity contribution in [3.05, 3.63) is 52.0 Å². The highest BCUT2D eigenvalue weighted by Gasteiger charge is 2.15. The van der Waals surface area contributed by atoms with Crippen molar-refractivity contribution >= 4 is 27.5 Å². The Morgan fingerprint density at radius 2 is 1.95 bits per heavy atom. The number of carbonyl (C=O) groups is 1. The largest absolute Gasteiger partial charge is 0.504 e. The summed E-state index contributed by atoms with van der Waals surface area (Å²) < 4.78 is 0.742. The number of amides is 1. The minimum atomic E-state index is -0.486. The summed E-state index contributed by atoms with van der Waals surface area (Å²) in [6.45, 7) is 1.91. The second-order valence-corrected chi connectivity index (χ2v) is 4.97. The number of carbonyl (C=O) groups excluding carboxylic acids is 1. The Bertz CT molecular complexity index is 641. The second kappa shape index (κ2) is 5.32. The molecule has 0 aliphatic heterocycles. The predicted octanol–water partition coefficient (Wildman–Crippen LogP) is 3.42. The van der Waals surface area contributed by atoms with Gasteiger partial charge in [0.25, 0.3) is 5.91 Å². The van der Waals surface area contributed by atoms with E-state index in [0.29, 0.717) is 5.69 Å². The number of halogens is 1. The van der Waals surface area contributed by atoms with Gasteiger partial charge in [0.1, 0.15) is 0 Å². The predicted molar refractivity (Wildman–Crippen MR) is 76.6 cm³/mol. The SMILES string of the molecule is Cc1ccc(Br)c(NC(=O)c2cccc(O)c2O)c1. The maximum Gasteiger partial charge on any atom is 0.259 e. The monoisotopic (exact) mass is 321 g/mol. The van der Waals surface area contributed by atoms with Crippen LogP contribution in [0.25, 0.3) is 0 Å². The molecule has 0 heterocycles. The normalized spacial score (nSPS) is 10.2. The summed E-state index contributed by atoms with van der Waals surface area (Å²) in [5.41, 5.74) is 1.62. The molecule has 0 saturated carbocycles. The average Bonchev–Trinajstić information content (AvgIpc) is 2.37. The zero-order valence-corrected chi connectivity index (χ0v) is 11.7. The number of anilines is 1. The lowest BCUT2D eigenvalue weighted by Gasteiger charge is -2.10. The van der Waals surface area contributed by atoms with E-state index in [4.69, 9.17) is 0 Å². The van der Waals surface area contributed by atoms with Crippen molar-refractivity contribution < 1.29 is 15.0 Å². The van der Waals surface area contributed by atoms with Gasteiger partial charge in [0, 0.05) is 4.47 Å². The smallest absolute Gasteiger partial charge is 0.259 e. The molecule has 4 nitrogen and oxygen atoms in total. The summed E-state index contributed by atoms with van der Waals surface area (Å²) in [4.78, 5) is 12.0. The van der Waals surface area contributed by atoms with Crippen LogP contribution in [0.3, 0.4) is 0 Å². The highest BCUT2D eigenvalue weighted by Crippen LogP contribution is 2.30. The van der Waals surface area contributed by atoms with E-state index in [1.54, 1.807) is 0 Å². The van der Waals surface area contributed by atoms with E-state index >= 15 is 0 Å². The number of hydrogen-bond acceptors (Lipinski definition) is 3. The molecule has 0 saturated heterocycles. The van der Waals surface area contributed by atoms with Gasteiger partial charge in [-0.2, -0.15) is 0 Å². The van der Waals surface area contributed by atoms with Crippen LogP contribution in [0.15, 0.2) is 40.9 Å².